The molecule has 2 aromatic carbocycles. The molecule has 0 saturated heterocycles. The number of nitrogens with zero attached hydrogens (tertiary/aromatic N) is 2. The number of benzene rings is 2. The minimum absolute atomic E-state index is 0.00278. The monoisotopic (exact) mass is 467 g/mol. The first-order valence-corrected chi connectivity index (χ1v) is 11.4. The summed E-state index contributed by atoms with van der Waals surface area (Å²) in [6, 6.07) is 10.6. The Labute approximate surface area is 183 Å². The van der Waals surface area contributed by atoms with Crippen LogP contribution < -0.4 is 9.50 Å². The minimum atomic E-state index is -4.13. The first-order chi connectivity index (χ1) is 14.1. The van der Waals surface area contributed by atoms with E-state index in [2.05, 4.69) is 10.4 Å². The Hall–Kier alpha value is -2.56. The molecule has 30 heavy (non-hydrogen) atoms. The molecule has 1 aliphatic rings. The van der Waals surface area contributed by atoms with Crippen molar-refractivity contribution < 1.29 is 22.2 Å². The van der Waals surface area contributed by atoms with E-state index in [9.17, 15) is 18.0 Å². The second kappa shape index (κ2) is 8.66. The fourth-order valence-electron chi connectivity index (χ4n) is 2.62. The topological polar surface area (TPSA) is 105 Å². The number of aryl methyl sites for hydroxylation is 1. The van der Waals surface area contributed by atoms with Crippen LogP contribution in [0.2, 0.25) is 5.02 Å². The number of hydrazone groups is 1. The number of hydrogen-bond donors (Lipinski definition) is 1. The Morgan fingerprint density at radius 1 is 1.17 bits per heavy atom. The van der Waals surface area contributed by atoms with Crippen molar-refractivity contribution in [2.24, 2.45) is 5.10 Å². The van der Waals surface area contributed by atoms with Crippen LogP contribution in [0.15, 0.2) is 52.5 Å². The van der Waals surface area contributed by atoms with Crippen LogP contribution in [0, 0.1) is 6.92 Å². The zero-order chi connectivity index (χ0) is 22.1. The third kappa shape index (κ3) is 4.94. The molecule has 8 nitrogen and oxygen atoms in total. The quantitative estimate of drug-likeness (QED) is 0.691. The van der Waals surface area contributed by atoms with Gasteiger partial charge in [0.15, 0.2) is 5.17 Å². The number of carbonyl (C=O) groups is 2. The van der Waals surface area contributed by atoms with E-state index in [4.69, 9.17) is 15.8 Å². The molecule has 0 spiro atoms. The molecule has 2 aromatic rings. The predicted octanol–water partition coefficient (Wildman–Crippen LogP) is 3.42. The molecule has 1 N–H and O–H groups in total. The number of amides is 2. The summed E-state index contributed by atoms with van der Waals surface area (Å²) < 4.78 is 30.9. The van der Waals surface area contributed by atoms with Crippen LogP contribution in [-0.4, -0.2) is 30.4 Å². The molecule has 0 fully saturated rings. The van der Waals surface area contributed by atoms with Crippen molar-refractivity contribution in [1.29, 1.82) is 0 Å². The van der Waals surface area contributed by atoms with Gasteiger partial charge in [0.25, 0.3) is 0 Å². The molecule has 158 valence electrons. The zero-order valence-corrected chi connectivity index (χ0v) is 18.6. The maximum atomic E-state index is 12.8. The Bertz CT molecular complexity index is 1130. The van der Waals surface area contributed by atoms with Gasteiger partial charge in [0, 0.05) is 24.4 Å². The molecule has 11 heteroatoms. The lowest BCUT2D eigenvalue weighted by Crippen LogP contribution is -2.25. The van der Waals surface area contributed by atoms with Gasteiger partial charge in [-0.05, 0) is 37.3 Å². The van der Waals surface area contributed by atoms with E-state index in [0.29, 0.717) is 10.6 Å². The Kier molecular flexibility index (Phi) is 6.39. The molecule has 0 bridgehead atoms. The number of amidine groups is 1. The van der Waals surface area contributed by atoms with Crippen molar-refractivity contribution >= 4 is 50.5 Å². The maximum absolute atomic E-state index is 12.8. The van der Waals surface area contributed by atoms with Crippen molar-refractivity contribution in [2.75, 3.05) is 0 Å². The van der Waals surface area contributed by atoms with E-state index in [0.717, 1.165) is 22.3 Å². The van der Waals surface area contributed by atoms with E-state index >= 15 is 0 Å². The summed E-state index contributed by atoms with van der Waals surface area (Å²) in [7, 11) is -4.13. The van der Waals surface area contributed by atoms with Crippen LogP contribution in [0.5, 0.6) is 5.75 Å². The predicted molar refractivity (Wildman–Crippen MR) is 115 cm³/mol. The largest absolute Gasteiger partial charge is 0.379 e. The normalized spacial score (nSPS) is 16.2. The molecular weight excluding hydrogens is 450 g/mol. The summed E-state index contributed by atoms with van der Waals surface area (Å²) in [6.07, 6.45) is 0. The van der Waals surface area contributed by atoms with Gasteiger partial charge in [0.05, 0.1) is 0 Å². The summed E-state index contributed by atoms with van der Waals surface area (Å²) in [4.78, 5) is 23.5. The van der Waals surface area contributed by atoms with Crippen LogP contribution >= 0.6 is 23.4 Å². The van der Waals surface area contributed by atoms with Crippen LogP contribution in [0.1, 0.15) is 30.3 Å². The van der Waals surface area contributed by atoms with Gasteiger partial charge in [0.1, 0.15) is 16.0 Å². The Morgan fingerprint density at radius 2 is 1.83 bits per heavy atom. The van der Waals surface area contributed by atoms with Gasteiger partial charge in [-0.25, -0.2) is 5.01 Å². The summed E-state index contributed by atoms with van der Waals surface area (Å²) in [5, 5.41) is 7.52. The fraction of sp³-hybridized carbons (Fsp3) is 0.211. The number of carbonyl (C=O) groups excluding carboxylic acids is 2. The molecule has 0 aliphatic carbocycles. The lowest BCUT2D eigenvalue weighted by molar-refractivity contribution is -0.129. The van der Waals surface area contributed by atoms with Crippen LogP contribution in [0.25, 0.3) is 0 Å². The maximum Gasteiger partial charge on any atom is 0.339 e. The van der Waals surface area contributed by atoms with Gasteiger partial charge in [-0.3, -0.25) is 9.59 Å². The Morgan fingerprint density at radius 3 is 2.43 bits per heavy atom. The number of thioether (sulfide) groups is 1. The molecule has 1 heterocycles. The lowest BCUT2D eigenvalue weighted by atomic mass is 10.2. The van der Waals surface area contributed by atoms with Crippen LogP contribution in [-0.2, 0) is 19.7 Å². The van der Waals surface area contributed by atoms with Crippen LogP contribution in [0.4, 0.5) is 0 Å². The van der Waals surface area contributed by atoms with Gasteiger partial charge >= 0.3 is 10.1 Å². The van der Waals surface area contributed by atoms with Gasteiger partial charge < -0.3 is 9.50 Å². The molecule has 0 radical (unpaired) electrons. The molecule has 1 aliphatic heterocycles. The average Bonchev–Trinajstić information content (AvgIpc) is 3.06. The molecule has 2 amide bonds. The summed E-state index contributed by atoms with van der Waals surface area (Å²) >= 11 is 7.19. The molecule has 1 atom stereocenters. The second-order valence-corrected chi connectivity index (χ2v) is 9.50. The van der Waals surface area contributed by atoms with Crippen molar-refractivity contribution in [3.63, 3.8) is 0 Å². The smallest absolute Gasteiger partial charge is 0.339 e. The zero-order valence-electron chi connectivity index (χ0n) is 16.2. The minimum Gasteiger partial charge on any atom is -0.379 e. The highest BCUT2D eigenvalue weighted by molar-refractivity contribution is 8.14. The van der Waals surface area contributed by atoms with Crippen molar-refractivity contribution in [3.05, 3.63) is 58.6 Å². The highest BCUT2D eigenvalue weighted by Gasteiger charge is 2.35. The van der Waals surface area contributed by atoms with E-state index in [-0.39, 0.29) is 21.7 Å². The van der Waals surface area contributed by atoms with Gasteiger partial charge in [-0.15, -0.1) is 5.10 Å². The highest BCUT2D eigenvalue weighted by Crippen LogP contribution is 2.44. The molecule has 3 rings (SSSR count). The van der Waals surface area contributed by atoms with E-state index in [1.165, 1.54) is 44.2 Å². The number of hydrogen-bond acceptors (Lipinski definition) is 7. The fourth-order valence-corrected chi connectivity index (χ4v) is 4.91. The van der Waals surface area contributed by atoms with E-state index in [1.54, 1.807) is 12.1 Å². The first kappa shape index (κ1) is 22.1. The molecule has 0 unspecified atom stereocenters. The SMILES string of the molecule is CC(=O)NC1=NN(C(C)=O)[C@@H](c2cc(Cl)ccc2OS(=O)(=O)c2ccc(C)cc2)S1. The van der Waals surface area contributed by atoms with Crippen LogP contribution in [0.3, 0.4) is 0 Å². The van der Waals surface area contributed by atoms with E-state index in [1.807, 2.05) is 6.92 Å². The summed E-state index contributed by atoms with van der Waals surface area (Å²) in [5.41, 5.74) is 1.23. The molecule has 0 saturated carbocycles. The molecular formula is C19H18ClN3O5S2. The highest BCUT2D eigenvalue weighted by atomic mass is 35.5. The number of halogens is 1. The Balaban J connectivity index is 1.98. The summed E-state index contributed by atoms with van der Waals surface area (Å²) in [5.74, 6) is -0.752. The second-order valence-electron chi connectivity index (χ2n) is 6.45. The molecule has 0 aromatic heterocycles. The summed E-state index contributed by atoms with van der Waals surface area (Å²) in [6.45, 7) is 4.47. The lowest BCUT2D eigenvalue weighted by Gasteiger charge is -2.22. The average molecular weight is 468 g/mol. The first-order valence-electron chi connectivity index (χ1n) is 8.70. The van der Waals surface area contributed by atoms with Gasteiger partial charge in [0.2, 0.25) is 11.8 Å². The van der Waals surface area contributed by atoms with Crippen molar-refractivity contribution in [2.45, 2.75) is 31.0 Å². The number of rotatable bonds is 4. The van der Waals surface area contributed by atoms with Gasteiger partial charge in [-0.2, -0.15) is 8.42 Å². The standard InChI is InChI=1S/C19H18ClN3O5S2/c1-11-4-7-15(8-5-11)30(26,27)28-17-9-6-14(20)10-16(17)18-23(13(3)25)22-19(29-18)21-12(2)24/h4-10,18H,1-3H3,(H,21,22,24)/t18-/m1/s1. The number of nitrogens with one attached hydrogen (secondary N) is 1. The van der Waals surface area contributed by atoms with Crippen molar-refractivity contribution in [3.8, 4) is 5.75 Å². The van der Waals surface area contributed by atoms with E-state index < -0.39 is 21.4 Å². The van der Waals surface area contributed by atoms with Gasteiger partial charge in [-0.1, -0.05) is 41.1 Å². The van der Waals surface area contributed by atoms with Crippen molar-refractivity contribution in [1.82, 2.24) is 10.3 Å². The third-order valence-electron chi connectivity index (χ3n) is 4.00. The third-order valence-corrected chi connectivity index (χ3v) is 6.56.